The second-order valence-electron chi connectivity index (χ2n) is 7.69. The van der Waals surface area contributed by atoms with E-state index in [1.807, 2.05) is 95.6 Å². The van der Waals surface area contributed by atoms with Gasteiger partial charge in [0, 0.05) is 18.7 Å². The molecule has 0 amide bonds. The van der Waals surface area contributed by atoms with Gasteiger partial charge in [-0.2, -0.15) is 0 Å². The summed E-state index contributed by atoms with van der Waals surface area (Å²) < 4.78 is 7.57. The predicted octanol–water partition coefficient (Wildman–Crippen LogP) is 4.82. The third-order valence-corrected chi connectivity index (χ3v) is 6.74. The van der Waals surface area contributed by atoms with E-state index in [4.69, 9.17) is 4.74 Å². The summed E-state index contributed by atoms with van der Waals surface area (Å²) in [6.07, 6.45) is 0. The Balaban J connectivity index is 1.57. The molecule has 0 N–H and O–H groups in total. The number of aromatic nitrogens is 3. The number of nitrogens with zero attached hydrogens (tertiary/aromatic N) is 4. The highest BCUT2D eigenvalue weighted by Crippen LogP contribution is 2.39. The lowest BCUT2D eigenvalue weighted by atomic mass is 10.0. The van der Waals surface area contributed by atoms with Crippen LogP contribution < -0.4 is 4.90 Å². The lowest BCUT2D eigenvalue weighted by molar-refractivity contribution is 0.0989. The zero-order valence-corrected chi connectivity index (χ0v) is 18.9. The zero-order valence-electron chi connectivity index (χ0n) is 18.1. The molecule has 0 bridgehead atoms. The van der Waals surface area contributed by atoms with Gasteiger partial charge in [-0.05, 0) is 17.7 Å². The smallest absolute Gasteiger partial charge is 0.232 e. The van der Waals surface area contributed by atoms with Crippen LogP contribution in [-0.2, 0) is 4.74 Å². The Hall–Kier alpha value is -3.42. The number of Topliss-reactive ketones (excluding diaryl/α,β-unsaturated/α-hetero) is 1. The third-order valence-electron chi connectivity index (χ3n) is 5.55. The van der Waals surface area contributed by atoms with Gasteiger partial charge in [0.05, 0.1) is 18.9 Å². The first-order valence-electron chi connectivity index (χ1n) is 11.0. The van der Waals surface area contributed by atoms with Gasteiger partial charge < -0.3 is 9.64 Å². The Labute approximate surface area is 197 Å². The summed E-state index contributed by atoms with van der Waals surface area (Å²) >= 11 is 1.43. The molecule has 0 radical (unpaired) electrons. The van der Waals surface area contributed by atoms with Crippen molar-refractivity contribution in [3.8, 4) is 5.69 Å². The molecule has 0 unspecified atom stereocenters. The number of benzene rings is 3. The van der Waals surface area contributed by atoms with Gasteiger partial charge in [-0.25, -0.2) is 0 Å². The molecule has 1 atom stereocenters. The molecule has 166 valence electrons. The van der Waals surface area contributed by atoms with Crippen LogP contribution >= 0.6 is 11.8 Å². The fraction of sp³-hybridized carbons (Fsp3) is 0.192. The summed E-state index contributed by atoms with van der Waals surface area (Å²) in [7, 11) is 0. The molecule has 3 aromatic carbocycles. The standard InChI is InChI=1S/C26H24N4O2S/c31-23(20-10-4-1-5-11-20)24(21-12-6-2-7-13-21)33-26-28-27-25(29-16-18-32-19-17-29)30(26)22-14-8-3-9-15-22/h1-15,24H,16-19H2/t24-/m1/s1. The molecule has 0 spiro atoms. The molecule has 2 heterocycles. The average molecular weight is 457 g/mol. The first-order chi connectivity index (χ1) is 16.3. The molecule has 1 aromatic heterocycles. The number of ether oxygens (including phenoxy) is 1. The number of carbonyl (C=O) groups is 1. The number of thioether (sulfide) groups is 1. The second-order valence-corrected chi connectivity index (χ2v) is 8.76. The summed E-state index contributed by atoms with van der Waals surface area (Å²) in [6.45, 7) is 2.81. The Morgan fingerprint density at radius 3 is 2.09 bits per heavy atom. The molecule has 1 fully saturated rings. The first-order valence-corrected chi connectivity index (χ1v) is 11.8. The number of rotatable bonds is 7. The van der Waals surface area contributed by atoms with Crippen molar-refractivity contribution in [2.45, 2.75) is 10.4 Å². The van der Waals surface area contributed by atoms with E-state index in [9.17, 15) is 4.79 Å². The van der Waals surface area contributed by atoms with E-state index in [-0.39, 0.29) is 5.78 Å². The maximum atomic E-state index is 13.6. The number of morpholine rings is 1. The molecule has 1 saturated heterocycles. The molecule has 33 heavy (non-hydrogen) atoms. The van der Waals surface area contributed by atoms with Gasteiger partial charge in [0.25, 0.3) is 0 Å². The van der Waals surface area contributed by atoms with Crippen LogP contribution in [0.25, 0.3) is 5.69 Å². The quantitative estimate of drug-likeness (QED) is 0.294. The summed E-state index contributed by atoms with van der Waals surface area (Å²) in [6, 6.07) is 29.3. The second kappa shape index (κ2) is 10.0. The van der Waals surface area contributed by atoms with Crippen molar-refractivity contribution in [3.63, 3.8) is 0 Å². The van der Waals surface area contributed by atoms with Crippen LogP contribution in [0.15, 0.2) is 96.2 Å². The van der Waals surface area contributed by atoms with E-state index in [1.54, 1.807) is 0 Å². The van der Waals surface area contributed by atoms with Gasteiger partial charge in [-0.15, -0.1) is 10.2 Å². The van der Waals surface area contributed by atoms with Crippen molar-refractivity contribution in [2.24, 2.45) is 0 Å². The molecule has 1 aliphatic heterocycles. The minimum Gasteiger partial charge on any atom is -0.378 e. The highest BCUT2D eigenvalue weighted by molar-refractivity contribution is 8.00. The summed E-state index contributed by atoms with van der Waals surface area (Å²) in [5.74, 6) is 0.813. The molecule has 7 heteroatoms. The molecule has 0 aliphatic carbocycles. The lowest BCUT2D eigenvalue weighted by Gasteiger charge is -2.28. The molecule has 0 saturated carbocycles. The maximum Gasteiger partial charge on any atom is 0.232 e. The minimum atomic E-state index is -0.446. The fourth-order valence-corrected chi connectivity index (χ4v) is 5.00. The highest BCUT2D eigenvalue weighted by Gasteiger charge is 2.28. The van der Waals surface area contributed by atoms with E-state index in [2.05, 4.69) is 15.1 Å². The first kappa shape index (κ1) is 21.4. The Kier molecular flexibility index (Phi) is 6.51. The number of anilines is 1. The van der Waals surface area contributed by atoms with E-state index < -0.39 is 5.25 Å². The molecule has 4 aromatic rings. The Morgan fingerprint density at radius 2 is 1.42 bits per heavy atom. The van der Waals surface area contributed by atoms with Crippen molar-refractivity contribution in [2.75, 3.05) is 31.2 Å². The van der Waals surface area contributed by atoms with Crippen molar-refractivity contribution < 1.29 is 9.53 Å². The van der Waals surface area contributed by atoms with E-state index in [0.717, 1.165) is 30.3 Å². The summed E-state index contributed by atoms with van der Waals surface area (Å²) in [5.41, 5.74) is 2.58. The highest BCUT2D eigenvalue weighted by atomic mass is 32.2. The molecular formula is C26H24N4O2S. The summed E-state index contributed by atoms with van der Waals surface area (Å²) in [4.78, 5) is 15.8. The normalized spacial score (nSPS) is 14.7. The largest absolute Gasteiger partial charge is 0.378 e. The van der Waals surface area contributed by atoms with Crippen molar-refractivity contribution in [1.82, 2.24) is 14.8 Å². The van der Waals surface area contributed by atoms with Crippen LogP contribution in [0.4, 0.5) is 5.95 Å². The number of hydrogen-bond acceptors (Lipinski definition) is 6. The number of para-hydroxylation sites is 1. The van der Waals surface area contributed by atoms with Crippen molar-refractivity contribution in [3.05, 3.63) is 102 Å². The van der Waals surface area contributed by atoms with Crippen LogP contribution in [0.5, 0.6) is 0 Å². The predicted molar refractivity (Wildman–Crippen MR) is 130 cm³/mol. The topological polar surface area (TPSA) is 60.3 Å². The van der Waals surface area contributed by atoms with Crippen LogP contribution in [0.1, 0.15) is 21.2 Å². The average Bonchev–Trinajstić information content (AvgIpc) is 3.32. The van der Waals surface area contributed by atoms with Gasteiger partial charge in [-0.1, -0.05) is 90.6 Å². The van der Waals surface area contributed by atoms with Gasteiger partial charge in [0.15, 0.2) is 10.9 Å². The number of hydrogen-bond donors (Lipinski definition) is 0. The molecular weight excluding hydrogens is 432 g/mol. The lowest BCUT2D eigenvalue weighted by Crippen LogP contribution is -2.37. The van der Waals surface area contributed by atoms with Crippen molar-refractivity contribution in [1.29, 1.82) is 0 Å². The van der Waals surface area contributed by atoms with E-state index >= 15 is 0 Å². The minimum absolute atomic E-state index is 0.0438. The number of ketones is 1. The number of carbonyl (C=O) groups excluding carboxylic acids is 1. The zero-order chi connectivity index (χ0) is 22.5. The van der Waals surface area contributed by atoms with Gasteiger partial charge in [0.2, 0.25) is 5.95 Å². The van der Waals surface area contributed by atoms with Crippen LogP contribution in [0, 0.1) is 0 Å². The van der Waals surface area contributed by atoms with Crippen LogP contribution in [0.3, 0.4) is 0 Å². The van der Waals surface area contributed by atoms with Crippen LogP contribution in [-0.4, -0.2) is 46.9 Å². The Bertz CT molecular complexity index is 1190. The van der Waals surface area contributed by atoms with Crippen LogP contribution in [0.2, 0.25) is 0 Å². The third kappa shape index (κ3) is 4.69. The van der Waals surface area contributed by atoms with Gasteiger partial charge in [-0.3, -0.25) is 9.36 Å². The van der Waals surface area contributed by atoms with E-state index in [0.29, 0.717) is 23.9 Å². The van der Waals surface area contributed by atoms with Gasteiger partial charge in [0.1, 0.15) is 5.25 Å². The molecule has 5 rings (SSSR count). The molecule has 1 aliphatic rings. The Morgan fingerprint density at radius 1 is 0.818 bits per heavy atom. The van der Waals surface area contributed by atoms with Gasteiger partial charge >= 0.3 is 0 Å². The summed E-state index contributed by atoms with van der Waals surface area (Å²) in [5, 5.41) is 9.33. The fourth-order valence-electron chi connectivity index (χ4n) is 3.87. The maximum absolute atomic E-state index is 13.6. The monoisotopic (exact) mass is 456 g/mol. The SMILES string of the molecule is O=C(c1ccccc1)[C@H](Sc1nnc(N2CCOCC2)n1-c1ccccc1)c1ccccc1. The van der Waals surface area contributed by atoms with Crippen molar-refractivity contribution >= 4 is 23.5 Å². The van der Waals surface area contributed by atoms with E-state index in [1.165, 1.54) is 11.8 Å². The molecule has 6 nitrogen and oxygen atoms in total.